The van der Waals surface area contributed by atoms with E-state index in [1.807, 2.05) is 18.2 Å². The maximum absolute atomic E-state index is 13.2. The van der Waals surface area contributed by atoms with Gasteiger partial charge in [0, 0.05) is 0 Å². The number of fused-ring (bicyclic) bond motifs is 1. The number of anilines is 1. The number of para-hydroxylation sites is 1. The third-order valence-electron chi connectivity index (χ3n) is 3.02. The van der Waals surface area contributed by atoms with Crippen LogP contribution in [0.3, 0.4) is 0 Å². The highest BCUT2D eigenvalue weighted by atomic mass is 79.9. The van der Waals surface area contributed by atoms with Crippen LogP contribution in [0.25, 0.3) is 0 Å². The number of benzene rings is 2. The average Bonchev–Trinajstić information content (AvgIpc) is 2.42. The molecule has 2 aromatic rings. The summed E-state index contributed by atoms with van der Waals surface area (Å²) in [6.07, 6.45) is -0.346. The first-order valence-corrected chi connectivity index (χ1v) is 6.58. The van der Waals surface area contributed by atoms with Crippen molar-refractivity contribution in [1.29, 1.82) is 0 Å². The number of hydrogen-bond donors (Lipinski definition) is 1. The molecule has 1 aliphatic heterocycles. The number of hydrogen-bond acceptors (Lipinski definition) is 2. The van der Waals surface area contributed by atoms with Gasteiger partial charge in [-0.05, 0) is 45.8 Å². The Morgan fingerprint density at radius 2 is 2.00 bits per heavy atom. The van der Waals surface area contributed by atoms with E-state index in [2.05, 4.69) is 21.2 Å². The van der Waals surface area contributed by atoms with E-state index in [4.69, 9.17) is 4.74 Å². The highest BCUT2D eigenvalue weighted by Gasteiger charge is 2.23. The van der Waals surface area contributed by atoms with Crippen molar-refractivity contribution in [2.45, 2.75) is 6.10 Å². The van der Waals surface area contributed by atoms with E-state index >= 15 is 0 Å². The van der Waals surface area contributed by atoms with Crippen molar-refractivity contribution < 1.29 is 13.5 Å². The van der Waals surface area contributed by atoms with Crippen molar-refractivity contribution in [2.75, 3.05) is 11.9 Å². The van der Waals surface area contributed by atoms with E-state index in [1.54, 1.807) is 0 Å². The molecule has 0 radical (unpaired) electrons. The smallest absolute Gasteiger partial charge is 0.159 e. The van der Waals surface area contributed by atoms with E-state index in [0.717, 1.165) is 16.2 Å². The third-order valence-corrected chi connectivity index (χ3v) is 3.64. The Balaban J connectivity index is 1.93. The van der Waals surface area contributed by atoms with Crippen LogP contribution in [-0.4, -0.2) is 6.54 Å². The average molecular weight is 326 g/mol. The molecule has 2 nitrogen and oxygen atoms in total. The van der Waals surface area contributed by atoms with Crippen molar-refractivity contribution >= 4 is 21.6 Å². The molecule has 0 aliphatic carbocycles. The lowest BCUT2D eigenvalue weighted by Gasteiger charge is -2.28. The van der Waals surface area contributed by atoms with Crippen LogP contribution >= 0.6 is 15.9 Å². The second-order valence-electron chi connectivity index (χ2n) is 4.28. The molecule has 0 fully saturated rings. The molecule has 98 valence electrons. The first kappa shape index (κ1) is 12.4. The van der Waals surface area contributed by atoms with Crippen molar-refractivity contribution in [3.8, 4) is 5.75 Å². The Kier molecular flexibility index (Phi) is 3.14. The van der Waals surface area contributed by atoms with Gasteiger partial charge in [-0.1, -0.05) is 12.1 Å². The maximum atomic E-state index is 13.2. The molecule has 0 saturated carbocycles. The van der Waals surface area contributed by atoms with Gasteiger partial charge in [-0.25, -0.2) is 8.78 Å². The molecule has 2 aromatic carbocycles. The standard InChI is InChI=1S/C14H10BrF2NO/c15-9-2-1-3-12-14(9)19-13(7-18-12)8-4-5-10(16)11(17)6-8/h1-6,13,18H,7H2. The van der Waals surface area contributed by atoms with Crippen molar-refractivity contribution in [3.05, 3.63) is 58.1 Å². The van der Waals surface area contributed by atoms with E-state index in [9.17, 15) is 8.78 Å². The van der Waals surface area contributed by atoms with Crippen LogP contribution in [0.1, 0.15) is 11.7 Å². The lowest BCUT2D eigenvalue weighted by molar-refractivity contribution is 0.208. The zero-order valence-corrected chi connectivity index (χ0v) is 11.4. The van der Waals surface area contributed by atoms with Gasteiger partial charge >= 0.3 is 0 Å². The molecule has 0 spiro atoms. The second kappa shape index (κ2) is 4.81. The summed E-state index contributed by atoms with van der Waals surface area (Å²) >= 11 is 3.41. The van der Waals surface area contributed by atoms with E-state index in [0.29, 0.717) is 17.9 Å². The van der Waals surface area contributed by atoms with E-state index in [-0.39, 0.29) is 6.10 Å². The normalized spacial score (nSPS) is 17.3. The van der Waals surface area contributed by atoms with E-state index < -0.39 is 11.6 Å². The molecule has 1 unspecified atom stereocenters. The lowest BCUT2D eigenvalue weighted by Crippen LogP contribution is -2.24. The summed E-state index contributed by atoms with van der Waals surface area (Å²) in [4.78, 5) is 0. The van der Waals surface area contributed by atoms with Crippen LogP contribution in [0.2, 0.25) is 0 Å². The van der Waals surface area contributed by atoms with Crippen molar-refractivity contribution in [1.82, 2.24) is 0 Å². The molecule has 19 heavy (non-hydrogen) atoms. The summed E-state index contributed by atoms with van der Waals surface area (Å²) in [6, 6.07) is 9.49. The van der Waals surface area contributed by atoms with Gasteiger partial charge in [0.25, 0.3) is 0 Å². The fraction of sp³-hybridized carbons (Fsp3) is 0.143. The fourth-order valence-electron chi connectivity index (χ4n) is 2.05. The highest BCUT2D eigenvalue weighted by molar-refractivity contribution is 9.10. The Morgan fingerprint density at radius 3 is 2.79 bits per heavy atom. The van der Waals surface area contributed by atoms with Crippen LogP contribution in [-0.2, 0) is 0 Å². The Morgan fingerprint density at radius 1 is 1.16 bits per heavy atom. The Labute approximate surface area is 117 Å². The molecule has 0 aromatic heterocycles. The first-order chi connectivity index (χ1) is 9.15. The predicted octanol–water partition coefficient (Wildman–Crippen LogP) is 4.27. The van der Waals surface area contributed by atoms with Crippen LogP contribution < -0.4 is 10.1 Å². The summed E-state index contributed by atoms with van der Waals surface area (Å²) < 4.78 is 32.8. The van der Waals surface area contributed by atoms with Gasteiger partial charge in [-0.2, -0.15) is 0 Å². The summed E-state index contributed by atoms with van der Waals surface area (Å²) in [5.41, 5.74) is 1.49. The van der Waals surface area contributed by atoms with Crippen LogP contribution in [0.4, 0.5) is 14.5 Å². The molecule has 0 saturated heterocycles. The topological polar surface area (TPSA) is 21.3 Å². The largest absolute Gasteiger partial charge is 0.481 e. The molecular weight excluding hydrogens is 316 g/mol. The van der Waals surface area contributed by atoms with Crippen molar-refractivity contribution in [3.63, 3.8) is 0 Å². The van der Waals surface area contributed by atoms with Gasteiger partial charge in [-0.15, -0.1) is 0 Å². The quantitative estimate of drug-likeness (QED) is 0.845. The van der Waals surface area contributed by atoms with Gasteiger partial charge in [0.05, 0.1) is 16.7 Å². The molecular formula is C14H10BrF2NO. The molecule has 1 atom stereocenters. The zero-order chi connectivity index (χ0) is 13.4. The molecule has 0 bridgehead atoms. The fourth-order valence-corrected chi connectivity index (χ4v) is 2.51. The lowest BCUT2D eigenvalue weighted by atomic mass is 10.1. The van der Waals surface area contributed by atoms with Gasteiger partial charge in [0.15, 0.2) is 17.4 Å². The maximum Gasteiger partial charge on any atom is 0.159 e. The molecule has 1 N–H and O–H groups in total. The van der Waals surface area contributed by atoms with Crippen LogP contribution in [0.5, 0.6) is 5.75 Å². The third kappa shape index (κ3) is 2.30. The Bertz CT molecular complexity index is 633. The molecule has 0 amide bonds. The number of rotatable bonds is 1. The Hall–Kier alpha value is -1.62. The molecule has 1 heterocycles. The second-order valence-corrected chi connectivity index (χ2v) is 5.13. The zero-order valence-electron chi connectivity index (χ0n) is 9.79. The summed E-state index contributed by atoms with van der Waals surface area (Å²) in [6.45, 7) is 0.508. The SMILES string of the molecule is Fc1ccc(C2CNc3cccc(Br)c3O2)cc1F. The molecule has 1 aliphatic rings. The van der Waals surface area contributed by atoms with Gasteiger partial charge in [0.2, 0.25) is 0 Å². The summed E-state index contributed by atoms with van der Waals surface area (Å²) in [5.74, 6) is -1.03. The molecule has 5 heteroatoms. The van der Waals surface area contributed by atoms with Crippen LogP contribution in [0.15, 0.2) is 40.9 Å². The number of nitrogens with one attached hydrogen (secondary N) is 1. The van der Waals surface area contributed by atoms with Crippen LogP contribution in [0, 0.1) is 11.6 Å². The monoisotopic (exact) mass is 325 g/mol. The summed E-state index contributed by atoms with van der Waals surface area (Å²) in [7, 11) is 0. The number of ether oxygens (including phenoxy) is 1. The number of halogens is 3. The van der Waals surface area contributed by atoms with Gasteiger partial charge in [0.1, 0.15) is 6.10 Å². The predicted molar refractivity (Wildman–Crippen MR) is 72.4 cm³/mol. The van der Waals surface area contributed by atoms with Gasteiger partial charge < -0.3 is 10.1 Å². The summed E-state index contributed by atoms with van der Waals surface area (Å²) in [5, 5.41) is 3.21. The van der Waals surface area contributed by atoms with Gasteiger partial charge in [-0.3, -0.25) is 0 Å². The minimum Gasteiger partial charge on any atom is -0.481 e. The van der Waals surface area contributed by atoms with E-state index in [1.165, 1.54) is 12.1 Å². The minimum absolute atomic E-state index is 0.346. The highest BCUT2D eigenvalue weighted by Crippen LogP contribution is 2.39. The van der Waals surface area contributed by atoms with Crippen molar-refractivity contribution in [2.24, 2.45) is 0 Å². The first-order valence-electron chi connectivity index (χ1n) is 5.79. The molecule has 3 rings (SSSR count). The minimum atomic E-state index is -0.862.